The predicted octanol–water partition coefficient (Wildman–Crippen LogP) is 3.77. The first-order valence-electron chi connectivity index (χ1n) is 12.4. The molecule has 0 saturated carbocycles. The molecule has 0 radical (unpaired) electrons. The Hall–Kier alpha value is -4.11. The zero-order chi connectivity index (χ0) is 26.1. The van der Waals surface area contributed by atoms with E-state index in [9.17, 15) is 4.79 Å². The van der Waals surface area contributed by atoms with Crippen molar-refractivity contribution >= 4 is 28.3 Å². The van der Waals surface area contributed by atoms with Crippen molar-refractivity contribution in [1.29, 1.82) is 0 Å². The number of rotatable bonds is 6. The fourth-order valence-corrected chi connectivity index (χ4v) is 4.84. The van der Waals surface area contributed by atoms with Gasteiger partial charge in [-0.25, -0.2) is 4.98 Å². The third-order valence-electron chi connectivity index (χ3n) is 6.94. The van der Waals surface area contributed by atoms with Crippen LogP contribution in [0.15, 0.2) is 48.8 Å². The van der Waals surface area contributed by atoms with Crippen LogP contribution >= 0.6 is 0 Å². The lowest BCUT2D eigenvalue weighted by Gasteiger charge is -2.26. The number of carbonyl (C=O) groups is 1. The zero-order valence-electron chi connectivity index (χ0n) is 22.0. The molecule has 0 bridgehead atoms. The molecule has 37 heavy (non-hydrogen) atoms. The smallest absolute Gasteiger partial charge is 0.254 e. The molecule has 0 unspecified atom stereocenters. The van der Waals surface area contributed by atoms with Crippen LogP contribution in [-0.2, 0) is 13.6 Å². The van der Waals surface area contributed by atoms with Crippen LogP contribution in [0.2, 0.25) is 0 Å². The van der Waals surface area contributed by atoms with E-state index < -0.39 is 0 Å². The van der Waals surface area contributed by atoms with Gasteiger partial charge in [0.25, 0.3) is 5.91 Å². The van der Waals surface area contributed by atoms with Crippen LogP contribution in [0.4, 0.5) is 5.82 Å². The summed E-state index contributed by atoms with van der Waals surface area (Å²) in [6.45, 7) is 4.62. The van der Waals surface area contributed by atoms with Crippen molar-refractivity contribution in [3.63, 3.8) is 0 Å². The highest BCUT2D eigenvalue weighted by molar-refractivity contribution is 5.94. The number of anilines is 1. The van der Waals surface area contributed by atoms with Crippen molar-refractivity contribution in [1.82, 2.24) is 34.5 Å². The van der Waals surface area contributed by atoms with E-state index in [-0.39, 0.29) is 5.91 Å². The Labute approximate surface area is 216 Å². The number of amides is 1. The SMILES string of the molecule is CNc1ccc(-c2ccnc3c2cc(CN2CC=C(c4ncc(C(=O)N(C)C)cc4C)CC2)n3C)nn1. The molecule has 1 aliphatic rings. The van der Waals surface area contributed by atoms with Crippen molar-refractivity contribution in [2.24, 2.45) is 7.05 Å². The molecule has 5 heterocycles. The second-order valence-electron chi connectivity index (χ2n) is 9.65. The molecular formula is C28H32N8O. The van der Waals surface area contributed by atoms with Crippen molar-refractivity contribution < 1.29 is 4.79 Å². The lowest BCUT2D eigenvalue weighted by Crippen LogP contribution is -2.29. The predicted molar refractivity (Wildman–Crippen MR) is 146 cm³/mol. The van der Waals surface area contributed by atoms with Gasteiger partial charge in [-0.1, -0.05) is 6.08 Å². The zero-order valence-corrected chi connectivity index (χ0v) is 22.0. The maximum atomic E-state index is 12.3. The highest BCUT2D eigenvalue weighted by Crippen LogP contribution is 2.30. The number of nitrogens with zero attached hydrogens (tertiary/aromatic N) is 7. The van der Waals surface area contributed by atoms with Gasteiger partial charge in [-0.2, -0.15) is 0 Å². The van der Waals surface area contributed by atoms with Crippen LogP contribution in [0.1, 0.15) is 33.7 Å². The second-order valence-corrected chi connectivity index (χ2v) is 9.65. The van der Waals surface area contributed by atoms with Crippen LogP contribution in [0.25, 0.3) is 27.9 Å². The first-order chi connectivity index (χ1) is 17.9. The quantitative estimate of drug-likeness (QED) is 0.434. The van der Waals surface area contributed by atoms with E-state index in [4.69, 9.17) is 0 Å². The second kappa shape index (κ2) is 10.1. The normalized spacial score (nSPS) is 14.0. The van der Waals surface area contributed by atoms with Gasteiger partial charge in [0.15, 0.2) is 0 Å². The van der Waals surface area contributed by atoms with Crippen LogP contribution in [0.5, 0.6) is 0 Å². The van der Waals surface area contributed by atoms with Gasteiger partial charge in [-0.05, 0) is 54.8 Å². The van der Waals surface area contributed by atoms with Gasteiger partial charge in [0.1, 0.15) is 11.5 Å². The van der Waals surface area contributed by atoms with E-state index >= 15 is 0 Å². The first kappa shape index (κ1) is 24.6. The van der Waals surface area contributed by atoms with E-state index in [1.807, 2.05) is 44.4 Å². The van der Waals surface area contributed by atoms with Gasteiger partial charge in [-0.15, -0.1) is 10.2 Å². The highest BCUT2D eigenvalue weighted by Gasteiger charge is 2.20. The van der Waals surface area contributed by atoms with E-state index in [0.29, 0.717) is 5.56 Å². The Morgan fingerprint density at radius 1 is 1.14 bits per heavy atom. The van der Waals surface area contributed by atoms with Gasteiger partial charge in [-0.3, -0.25) is 14.7 Å². The summed E-state index contributed by atoms with van der Waals surface area (Å²) in [5.74, 6) is 0.712. The minimum Gasteiger partial charge on any atom is -0.372 e. The third-order valence-corrected chi connectivity index (χ3v) is 6.94. The Kier molecular flexibility index (Phi) is 6.71. The van der Waals surface area contributed by atoms with E-state index in [0.717, 1.165) is 65.4 Å². The molecule has 1 aliphatic heterocycles. The molecule has 4 aromatic heterocycles. The Balaban J connectivity index is 1.34. The molecule has 0 fully saturated rings. The molecule has 1 amide bonds. The fourth-order valence-electron chi connectivity index (χ4n) is 4.84. The Morgan fingerprint density at radius 2 is 1.97 bits per heavy atom. The molecule has 5 rings (SSSR count). The molecule has 0 spiro atoms. The van der Waals surface area contributed by atoms with Gasteiger partial charge in [0.2, 0.25) is 0 Å². The highest BCUT2D eigenvalue weighted by atomic mass is 16.2. The number of aryl methyl sites for hydroxylation is 2. The van der Waals surface area contributed by atoms with Crippen LogP contribution < -0.4 is 5.32 Å². The summed E-state index contributed by atoms with van der Waals surface area (Å²) in [6, 6.07) is 10.1. The number of fused-ring (bicyclic) bond motifs is 1. The van der Waals surface area contributed by atoms with Crippen LogP contribution in [0, 0.1) is 6.92 Å². The Bertz CT molecular complexity index is 1490. The third kappa shape index (κ3) is 4.82. The molecule has 4 aromatic rings. The van der Waals surface area contributed by atoms with E-state index in [1.54, 1.807) is 25.2 Å². The monoisotopic (exact) mass is 496 g/mol. The van der Waals surface area contributed by atoms with Crippen molar-refractivity contribution in [2.75, 3.05) is 39.5 Å². The molecule has 9 heteroatoms. The molecule has 0 saturated heterocycles. The number of nitrogens with one attached hydrogen (secondary N) is 1. The van der Waals surface area contributed by atoms with Gasteiger partial charge in [0, 0.05) is 76.9 Å². The standard InChI is InChI=1S/C28H32N8O/c1-18-14-20(28(37)34(3)4)16-31-26(18)19-9-12-36(13-10-19)17-21-15-23-22(8-11-30-27(23)35(21)5)24-6-7-25(29-2)33-32-24/h6-9,11,14-16H,10,12-13,17H2,1-5H3,(H,29,33). The fraction of sp³-hybridized carbons (Fsp3) is 0.321. The molecule has 1 N–H and O–H groups in total. The van der Waals surface area contributed by atoms with Crippen molar-refractivity contribution in [3.05, 3.63) is 71.3 Å². The molecule has 0 aromatic carbocycles. The lowest BCUT2D eigenvalue weighted by atomic mass is 9.99. The minimum atomic E-state index is -0.0272. The lowest BCUT2D eigenvalue weighted by molar-refractivity contribution is 0.0827. The number of aromatic nitrogens is 5. The molecule has 190 valence electrons. The summed E-state index contributed by atoms with van der Waals surface area (Å²) in [7, 11) is 7.41. The summed E-state index contributed by atoms with van der Waals surface area (Å²) in [5.41, 5.74) is 7.87. The van der Waals surface area contributed by atoms with Crippen molar-refractivity contribution in [2.45, 2.75) is 19.9 Å². The summed E-state index contributed by atoms with van der Waals surface area (Å²) < 4.78 is 2.17. The van der Waals surface area contributed by atoms with Gasteiger partial charge in [0.05, 0.1) is 17.0 Å². The van der Waals surface area contributed by atoms with E-state index in [1.165, 1.54) is 11.3 Å². The topological polar surface area (TPSA) is 92.1 Å². The molecular weight excluding hydrogens is 464 g/mol. The number of hydrogen-bond donors (Lipinski definition) is 1. The van der Waals surface area contributed by atoms with Crippen molar-refractivity contribution in [3.8, 4) is 11.3 Å². The molecule has 9 nitrogen and oxygen atoms in total. The van der Waals surface area contributed by atoms with Gasteiger partial charge >= 0.3 is 0 Å². The minimum absolute atomic E-state index is 0.0272. The summed E-state index contributed by atoms with van der Waals surface area (Å²) in [4.78, 5) is 25.6. The summed E-state index contributed by atoms with van der Waals surface area (Å²) in [5, 5.41) is 12.7. The largest absolute Gasteiger partial charge is 0.372 e. The average molecular weight is 497 g/mol. The number of pyridine rings is 2. The number of carbonyl (C=O) groups excluding carboxylic acids is 1. The first-order valence-corrected chi connectivity index (χ1v) is 12.4. The Morgan fingerprint density at radius 3 is 2.62 bits per heavy atom. The molecule has 0 atom stereocenters. The summed E-state index contributed by atoms with van der Waals surface area (Å²) >= 11 is 0. The molecule has 0 aliphatic carbocycles. The maximum absolute atomic E-state index is 12.3. The average Bonchev–Trinajstić information content (AvgIpc) is 3.23. The van der Waals surface area contributed by atoms with Gasteiger partial charge < -0.3 is 14.8 Å². The maximum Gasteiger partial charge on any atom is 0.254 e. The summed E-state index contributed by atoms with van der Waals surface area (Å²) in [6.07, 6.45) is 6.69. The number of hydrogen-bond acceptors (Lipinski definition) is 7. The van der Waals surface area contributed by atoms with Crippen LogP contribution in [0.3, 0.4) is 0 Å². The van der Waals surface area contributed by atoms with E-state index in [2.05, 4.69) is 54.1 Å². The van der Waals surface area contributed by atoms with Crippen LogP contribution in [-0.4, -0.2) is 74.7 Å².